The van der Waals surface area contributed by atoms with E-state index in [0.29, 0.717) is 16.1 Å². The largest absolute Gasteiger partial charge is 0.348 e. The van der Waals surface area contributed by atoms with Crippen molar-refractivity contribution in [1.82, 2.24) is 5.16 Å². The Balaban J connectivity index is 2.23. The van der Waals surface area contributed by atoms with Crippen LogP contribution in [-0.4, -0.2) is 10.1 Å². The van der Waals surface area contributed by atoms with Crippen LogP contribution in [0.1, 0.15) is 0 Å². The van der Waals surface area contributed by atoms with E-state index < -0.39 is 4.92 Å². The smallest absolute Gasteiger partial charge is 0.344 e. The fraction of sp³-hybridized carbons (Fsp3) is 0. The highest BCUT2D eigenvalue weighted by Crippen LogP contribution is 2.40. The van der Waals surface area contributed by atoms with E-state index >= 15 is 0 Å². The summed E-state index contributed by atoms with van der Waals surface area (Å²) in [7, 11) is 0. The molecule has 2 aromatic carbocycles. The monoisotopic (exact) mass is 300 g/mol. The van der Waals surface area contributed by atoms with E-state index in [1.807, 2.05) is 6.07 Å². The molecular formula is C15H9ClN2O3. The van der Waals surface area contributed by atoms with Gasteiger partial charge < -0.3 is 4.52 Å². The molecule has 0 aliphatic carbocycles. The Kier molecular flexibility index (Phi) is 3.41. The second kappa shape index (κ2) is 5.38. The van der Waals surface area contributed by atoms with Crippen LogP contribution in [-0.2, 0) is 0 Å². The zero-order chi connectivity index (χ0) is 14.8. The van der Waals surface area contributed by atoms with Crippen LogP contribution in [0.15, 0.2) is 59.1 Å². The Labute approximate surface area is 124 Å². The standard InChI is InChI=1S/C15H9ClN2O3/c16-12-9-5-4-8-11(12)13-14(18(19)20)15(21-17-13)10-6-2-1-3-7-10/h1-9H. The fourth-order valence-electron chi connectivity index (χ4n) is 2.06. The van der Waals surface area contributed by atoms with Crippen molar-refractivity contribution in [2.75, 3.05) is 0 Å². The van der Waals surface area contributed by atoms with Gasteiger partial charge in [0, 0.05) is 11.1 Å². The van der Waals surface area contributed by atoms with Crippen molar-refractivity contribution in [3.05, 3.63) is 69.7 Å². The van der Waals surface area contributed by atoms with Gasteiger partial charge in [-0.2, -0.15) is 0 Å². The molecule has 5 nitrogen and oxygen atoms in total. The molecule has 21 heavy (non-hydrogen) atoms. The lowest BCUT2D eigenvalue weighted by molar-refractivity contribution is -0.383. The molecule has 1 aromatic heterocycles. The van der Waals surface area contributed by atoms with Crippen molar-refractivity contribution in [3.63, 3.8) is 0 Å². The van der Waals surface area contributed by atoms with E-state index in [1.165, 1.54) is 0 Å². The molecule has 0 amide bonds. The third-order valence-electron chi connectivity index (χ3n) is 3.02. The van der Waals surface area contributed by atoms with Crippen molar-refractivity contribution in [2.45, 2.75) is 0 Å². The van der Waals surface area contributed by atoms with E-state index in [0.717, 1.165) is 0 Å². The Morgan fingerprint density at radius 1 is 1.05 bits per heavy atom. The van der Waals surface area contributed by atoms with Crippen molar-refractivity contribution in [2.24, 2.45) is 0 Å². The average Bonchev–Trinajstić information content (AvgIpc) is 2.93. The first kappa shape index (κ1) is 13.3. The van der Waals surface area contributed by atoms with Gasteiger partial charge in [0.05, 0.1) is 9.95 Å². The highest BCUT2D eigenvalue weighted by Gasteiger charge is 2.29. The maximum atomic E-state index is 11.4. The van der Waals surface area contributed by atoms with Gasteiger partial charge in [-0.3, -0.25) is 10.1 Å². The molecule has 0 saturated carbocycles. The predicted octanol–water partition coefficient (Wildman–Crippen LogP) is 4.57. The molecule has 0 unspecified atom stereocenters. The first-order valence-corrected chi connectivity index (χ1v) is 6.50. The normalized spacial score (nSPS) is 10.5. The van der Waals surface area contributed by atoms with E-state index in [-0.39, 0.29) is 17.1 Å². The fourth-order valence-corrected chi connectivity index (χ4v) is 2.29. The summed E-state index contributed by atoms with van der Waals surface area (Å²) in [6.07, 6.45) is 0. The summed E-state index contributed by atoms with van der Waals surface area (Å²) in [5, 5.41) is 15.7. The van der Waals surface area contributed by atoms with Gasteiger partial charge in [0.1, 0.15) is 0 Å². The highest BCUT2D eigenvalue weighted by molar-refractivity contribution is 6.33. The van der Waals surface area contributed by atoms with E-state index in [4.69, 9.17) is 16.1 Å². The van der Waals surface area contributed by atoms with E-state index in [1.54, 1.807) is 48.5 Å². The summed E-state index contributed by atoms with van der Waals surface area (Å²) in [5.41, 5.74) is 1.01. The number of rotatable bonds is 3. The summed E-state index contributed by atoms with van der Waals surface area (Å²) >= 11 is 6.09. The lowest BCUT2D eigenvalue weighted by Gasteiger charge is -1.99. The lowest BCUT2D eigenvalue weighted by Crippen LogP contribution is -1.92. The van der Waals surface area contributed by atoms with Crippen LogP contribution in [0, 0.1) is 10.1 Å². The average molecular weight is 301 g/mol. The number of aromatic nitrogens is 1. The van der Waals surface area contributed by atoms with Crippen LogP contribution in [0.5, 0.6) is 0 Å². The Morgan fingerprint density at radius 3 is 2.38 bits per heavy atom. The Bertz CT molecular complexity index is 800. The maximum absolute atomic E-state index is 11.4. The van der Waals surface area contributed by atoms with Crippen LogP contribution < -0.4 is 0 Å². The molecule has 0 saturated heterocycles. The third kappa shape index (κ3) is 2.39. The molecule has 0 bridgehead atoms. The zero-order valence-corrected chi connectivity index (χ0v) is 11.4. The summed E-state index contributed by atoms with van der Waals surface area (Å²) in [6.45, 7) is 0. The van der Waals surface area contributed by atoms with E-state index in [9.17, 15) is 10.1 Å². The maximum Gasteiger partial charge on any atom is 0.344 e. The SMILES string of the molecule is O=[N+]([O-])c1c(-c2ccccc2Cl)noc1-c1ccccc1. The molecule has 0 fully saturated rings. The zero-order valence-electron chi connectivity index (χ0n) is 10.7. The van der Waals surface area contributed by atoms with Crippen LogP contribution in [0.25, 0.3) is 22.6 Å². The quantitative estimate of drug-likeness (QED) is 0.525. The molecular weight excluding hydrogens is 292 g/mol. The number of hydrogen-bond donors (Lipinski definition) is 0. The molecule has 104 valence electrons. The number of halogens is 1. The number of hydrogen-bond acceptors (Lipinski definition) is 4. The van der Waals surface area contributed by atoms with Gasteiger partial charge in [0.2, 0.25) is 5.76 Å². The predicted molar refractivity (Wildman–Crippen MR) is 79.0 cm³/mol. The van der Waals surface area contributed by atoms with Crippen LogP contribution in [0.4, 0.5) is 5.69 Å². The summed E-state index contributed by atoms with van der Waals surface area (Å²) in [5.74, 6) is 0.121. The van der Waals surface area contributed by atoms with Gasteiger partial charge in [-0.25, -0.2) is 0 Å². The molecule has 6 heteroatoms. The molecule has 0 aliphatic rings. The molecule has 0 N–H and O–H groups in total. The number of nitro groups is 1. The molecule has 0 radical (unpaired) electrons. The number of nitrogens with zero attached hydrogens (tertiary/aromatic N) is 2. The minimum Gasteiger partial charge on any atom is -0.348 e. The van der Waals surface area contributed by atoms with Crippen LogP contribution in [0.3, 0.4) is 0 Å². The minimum absolute atomic E-state index is 0.121. The van der Waals surface area contributed by atoms with Gasteiger partial charge in [-0.05, 0) is 6.07 Å². The molecule has 0 spiro atoms. The summed E-state index contributed by atoms with van der Waals surface area (Å²) in [4.78, 5) is 10.9. The topological polar surface area (TPSA) is 69.2 Å². The third-order valence-corrected chi connectivity index (χ3v) is 3.34. The van der Waals surface area contributed by atoms with Gasteiger partial charge in [-0.15, -0.1) is 0 Å². The minimum atomic E-state index is -0.502. The summed E-state index contributed by atoms with van der Waals surface area (Å²) in [6, 6.07) is 15.6. The van der Waals surface area contributed by atoms with Crippen molar-refractivity contribution in [3.8, 4) is 22.6 Å². The molecule has 3 aromatic rings. The van der Waals surface area contributed by atoms with Gasteiger partial charge in [0.15, 0.2) is 5.69 Å². The van der Waals surface area contributed by atoms with Gasteiger partial charge in [0.25, 0.3) is 0 Å². The second-order valence-corrected chi connectivity index (χ2v) is 4.72. The Hall–Kier alpha value is -2.66. The first-order chi connectivity index (χ1) is 10.2. The highest BCUT2D eigenvalue weighted by atomic mass is 35.5. The van der Waals surface area contributed by atoms with Crippen LogP contribution in [0.2, 0.25) is 5.02 Å². The first-order valence-electron chi connectivity index (χ1n) is 6.13. The Morgan fingerprint density at radius 2 is 1.71 bits per heavy atom. The van der Waals surface area contributed by atoms with Crippen molar-refractivity contribution < 1.29 is 9.45 Å². The molecule has 0 atom stereocenters. The van der Waals surface area contributed by atoms with Crippen LogP contribution >= 0.6 is 11.6 Å². The second-order valence-electron chi connectivity index (χ2n) is 4.31. The molecule has 0 aliphatic heterocycles. The van der Waals surface area contributed by atoms with Gasteiger partial charge >= 0.3 is 5.69 Å². The summed E-state index contributed by atoms with van der Waals surface area (Å²) < 4.78 is 5.20. The number of benzene rings is 2. The van der Waals surface area contributed by atoms with Crippen molar-refractivity contribution >= 4 is 17.3 Å². The lowest BCUT2D eigenvalue weighted by atomic mass is 10.1. The van der Waals surface area contributed by atoms with Gasteiger partial charge in [-0.1, -0.05) is 65.3 Å². The van der Waals surface area contributed by atoms with Crippen molar-refractivity contribution in [1.29, 1.82) is 0 Å². The molecule has 3 rings (SSSR count). The van der Waals surface area contributed by atoms with E-state index in [2.05, 4.69) is 5.16 Å². The molecule has 1 heterocycles.